The zero-order valence-corrected chi connectivity index (χ0v) is 14.6. The number of carbonyl (C=O) groups is 2. The largest absolute Gasteiger partial charge is 0.459 e. The van der Waals surface area contributed by atoms with E-state index in [1.165, 1.54) is 12.5 Å². The summed E-state index contributed by atoms with van der Waals surface area (Å²) in [7, 11) is 0. The van der Waals surface area contributed by atoms with E-state index in [1.54, 1.807) is 49.4 Å². The van der Waals surface area contributed by atoms with Gasteiger partial charge in [-0.15, -0.1) is 0 Å². The number of furan rings is 1. The van der Waals surface area contributed by atoms with Crippen LogP contribution in [0.5, 0.6) is 0 Å². The number of benzene rings is 1. The fraction of sp³-hybridized carbons (Fsp3) is 0.105. The van der Waals surface area contributed by atoms with Gasteiger partial charge in [-0.25, -0.2) is 9.78 Å². The van der Waals surface area contributed by atoms with Crippen LogP contribution in [0.4, 0.5) is 5.69 Å². The number of amides is 1. The van der Waals surface area contributed by atoms with Gasteiger partial charge in [0.2, 0.25) is 0 Å². The molecule has 6 nitrogen and oxygen atoms in total. The number of hydrogen-bond donors (Lipinski definition) is 1. The van der Waals surface area contributed by atoms with Crippen LogP contribution in [0.25, 0.3) is 0 Å². The average Bonchev–Trinajstić information content (AvgIpc) is 3.17. The third kappa shape index (κ3) is 4.10. The van der Waals surface area contributed by atoms with Crippen LogP contribution in [0.15, 0.2) is 59.3 Å². The number of hydrogen-bond acceptors (Lipinski definition) is 5. The fourth-order valence-electron chi connectivity index (χ4n) is 2.31. The molecule has 0 aliphatic heterocycles. The summed E-state index contributed by atoms with van der Waals surface area (Å²) < 4.78 is 10.4. The second kappa shape index (κ2) is 7.84. The molecule has 0 saturated carbocycles. The maximum absolute atomic E-state index is 12.5. The number of nitrogens with one attached hydrogen (secondary N) is 1. The first-order valence-electron chi connectivity index (χ1n) is 7.76. The molecule has 1 amide bonds. The van der Waals surface area contributed by atoms with Crippen molar-refractivity contribution in [2.45, 2.75) is 13.5 Å². The van der Waals surface area contributed by atoms with E-state index in [0.717, 1.165) is 5.56 Å². The van der Waals surface area contributed by atoms with Crippen molar-refractivity contribution in [2.24, 2.45) is 0 Å². The highest BCUT2D eigenvalue weighted by atomic mass is 35.5. The van der Waals surface area contributed by atoms with Crippen LogP contribution in [0.2, 0.25) is 5.15 Å². The number of rotatable bonds is 5. The lowest BCUT2D eigenvalue weighted by Crippen LogP contribution is -2.16. The monoisotopic (exact) mass is 370 g/mol. The lowest BCUT2D eigenvalue weighted by atomic mass is 10.1. The number of nitrogens with zero attached hydrogens (tertiary/aromatic N) is 1. The van der Waals surface area contributed by atoms with Crippen molar-refractivity contribution in [3.63, 3.8) is 0 Å². The van der Waals surface area contributed by atoms with Gasteiger partial charge in [-0.05, 0) is 36.8 Å². The summed E-state index contributed by atoms with van der Waals surface area (Å²) in [6, 6.07) is 11.6. The first-order chi connectivity index (χ1) is 12.5. The first kappa shape index (κ1) is 17.7. The summed E-state index contributed by atoms with van der Waals surface area (Å²) in [5, 5.41) is 3.07. The highest BCUT2D eigenvalue weighted by molar-refractivity contribution is 6.29. The quantitative estimate of drug-likeness (QED) is 0.536. The van der Waals surface area contributed by atoms with E-state index in [9.17, 15) is 9.59 Å². The topological polar surface area (TPSA) is 81.4 Å². The summed E-state index contributed by atoms with van der Waals surface area (Å²) in [5.41, 5.74) is 2.07. The molecule has 7 heteroatoms. The summed E-state index contributed by atoms with van der Waals surface area (Å²) in [5.74, 6) is -0.849. The third-order valence-electron chi connectivity index (χ3n) is 3.63. The van der Waals surface area contributed by atoms with Crippen molar-refractivity contribution in [1.29, 1.82) is 0 Å². The zero-order chi connectivity index (χ0) is 18.5. The number of aromatic nitrogens is 1. The van der Waals surface area contributed by atoms with Gasteiger partial charge in [-0.3, -0.25) is 4.79 Å². The predicted molar refractivity (Wildman–Crippen MR) is 96.2 cm³/mol. The number of ether oxygens (including phenoxy) is 1. The number of anilines is 1. The van der Waals surface area contributed by atoms with Crippen molar-refractivity contribution >= 4 is 29.2 Å². The van der Waals surface area contributed by atoms with E-state index >= 15 is 0 Å². The number of aryl methyl sites for hydroxylation is 1. The minimum Gasteiger partial charge on any atom is -0.459 e. The first-order valence-corrected chi connectivity index (χ1v) is 8.14. The Labute approximate surface area is 154 Å². The normalized spacial score (nSPS) is 10.4. The second-order valence-electron chi connectivity index (χ2n) is 5.49. The van der Waals surface area contributed by atoms with E-state index in [0.29, 0.717) is 16.4 Å². The fourth-order valence-corrected chi connectivity index (χ4v) is 2.42. The Hall–Kier alpha value is -3.12. The molecule has 0 unspecified atom stereocenters. The molecule has 0 fully saturated rings. The van der Waals surface area contributed by atoms with Crippen molar-refractivity contribution in [2.75, 3.05) is 5.32 Å². The molecule has 0 saturated heterocycles. The Morgan fingerprint density at radius 1 is 1.19 bits per heavy atom. The molecule has 0 spiro atoms. The average molecular weight is 371 g/mol. The maximum Gasteiger partial charge on any atom is 0.340 e. The van der Waals surface area contributed by atoms with Gasteiger partial charge >= 0.3 is 5.97 Å². The molecule has 3 rings (SSSR count). The van der Waals surface area contributed by atoms with Gasteiger partial charge in [0.15, 0.2) is 5.76 Å². The molecule has 0 aliphatic carbocycles. The van der Waals surface area contributed by atoms with Crippen LogP contribution in [0, 0.1) is 6.92 Å². The SMILES string of the molecule is Cc1cccc(C(=O)OCc2ccc(Cl)nc2)c1NC(=O)c1ccco1. The highest BCUT2D eigenvalue weighted by Crippen LogP contribution is 2.23. The van der Waals surface area contributed by atoms with Crippen LogP contribution in [0.1, 0.15) is 32.0 Å². The van der Waals surface area contributed by atoms with E-state index in [-0.39, 0.29) is 17.9 Å². The van der Waals surface area contributed by atoms with E-state index in [1.807, 2.05) is 0 Å². The summed E-state index contributed by atoms with van der Waals surface area (Å²) in [6.07, 6.45) is 2.94. The molecule has 132 valence electrons. The zero-order valence-electron chi connectivity index (χ0n) is 13.9. The molecular formula is C19H15ClN2O4. The van der Waals surface area contributed by atoms with E-state index in [4.69, 9.17) is 20.8 Å². The van der Waals surface area contributed by atoms with Crippen LogP contribution in [0.3, 0.4) is 0 Å². The molecule has 0 aliphatic rings. The molecule has 2 aromatic heterocycles. The molecule has 0 radical (unpaired) electrons. The van der Waals surface area contributed by atoms with Crippen LogP contribution in [-0.4, -0.2) is 16.9 Å². The Morgan fingerprint density at radius 3 is 2.73 bits per heavy atom. The Bertz CT molecular complexity index is 921. The Balaban J connectivity index is 1.76. The minimum atomic E-state index is -0.557. The molecule has 1 aromatic carbocycles. The highest BCUT2D eigenvalue weighted by Gasteiger charge is 2.18. The van der Waals surface area contributed by atoms with Crippen LogP contribution >= 0.6 is 11.6 Å². The Morgan fingerprint density at radius 2 is 2.04 bits per heavy atom. The van der Waals surface area contributed by atoms with E-state index in [2.05, 4.69) is 10.3 Å². The predicted octanol–water partition coefficient (Wildman–Crippen LogP) is 4.25. The second-order valence-corrected chi connectivity index (χ2v) is 5.88. The van der Waals surface area contributed by atoms with Gasteiger partial charge in [0.1, 0.15) is 11.8 Å². The lowest BCUT2D eigenvalue weighted by molar-refractivity contribution is 0.0473. The Kier molecular flexibility index (Phi) is 5.34. The number of halogens is 1. The van der Waals surface area contributed by atoms with Gasteiger partial charge in [0, 0.05) is 11.8 Å². The molecule has 3 aromatic rings. The van der Waals surface area contributed by atoms with Gasteiger partial charge in [0.05, 0.1) is 17.5 Å². The van der Waals surface area contributed by atoms with Crippen LogP contribution < -0.4 is 5.32 Å². The number of pyridine rings is 1. The van der Waals surface area contributed by atoms with Gasteiger partial charge in [-0.2, -0.15) is 0 Å². The standard InChI is InChI=1S/C19H15ClN2O4/c1-12-4-2-5-14(17(12)22-18(23)15-6-3-9-25-15)19(24)26-11-13-7-8-16(20)21-10-13/h2-10H,11H2,1H3,(H,22,23). The van der Waals surface area contributed by atoms with Crippen molar-refractivity contribution in [3.05, 3.63) is 82.5 Å². The minimum absolute atomic E-state index is 0.0442. The maximum atomic E-state index is 12.5. The van der Waals surface area contributed by atoms with E-state index < -0.39 is 11.9 Å². The smallest absolute Gasteiger partial charge is 0.340 e. The number of esters is 1. The summed E-state index contributed by atoms with van der Waals surface area (Å²) in [4.78, 5) is 28.7. The van der Waals surface area contributed by atoms with Crippen molar-refractivity contribution in [1.82, 2.24) is 4.98 Å². The van der Waals surface area contributed by atoms with Crippen LogP contribution in [-0.2, 0) is 11.3 Å². The van der Waals surface area contributed by atoms with Crippen molar-refractivity contribution < 1.29 is 18.7 Å². The molecule has 26 heavy (non-hydrogen) atoms. The summed E-state index contributed by atoms with van der Waals surface area (Å²) in [6.45, 7) is 1.83. The number of para-hydroxylation sites is 1. The van der Waals surface area contributed by atoms with Gasteiger partial charge < -0.3 is 14.5 Å². The molecular weight excluding hydrogens is 356 g/mol. The molecule has 1 N–H and O–H groups in total. The lowest BCUT2D eigenvalue weighted by Gasteiger charge is -2.13. The van der Waals surface area contributed by atoms with Gasteiger partial charge in [-0.1, -0.05) is 29.8 Å². The third-order valence-corrected chi connectivity index (χ3v) is 3.86. The molecule has 2 heterocycles. The van der Waals surface area contributed by atoms with Gasteiger partial charge in [0.25, 0.3) is 5.91 Å². The van der Waals surface area contributed by atoms with Crippen molar-refractivity contribution in [3.8, 4) is 0 Å². The molecule has 0 bridgehead atoms. The number of carbonyl (C=O) groups excluding carboxylic acids is 2. The molecule has 0 atom stereocenters. The summed E-state index contributed by atoms with van der Waals surface area (Å²) >= 11 is 5.73.